The van der Waals surface area contributed by atoms with Crippen molar-refractivity contribution < 1.29 is 28.2 Å². The summed E-state index contributed by atoms with van der Waals surface area (Å²) >= 11 is 0.916. The molecule has 2 aromatic rings. The van der Waals surface area contributed by atoms with Crippen molar-refractivity contribution in [3.63, 3.8) is 0 Å². The second-order valence-corrected chi connectivity index (χ2v) is 9.31. The van der Waals surface area contributed by atoms with Crippen LogP contribution in [0.1, 0.15) is 40.7 Å². The number of nitrogens with zero attached hydrogens (tertiary/aromatic N) is 2. The lowest BCUT2D eigenvalue weighted by Crippen LogP contribution is -2.34. The fraction of sp³-hybridized carbons (Fsp3) is 0.522. The number of ether oxygens (including phenoxy) is 3. The van der Waals surface area contributed by atoms with Crippen molar-refractivity contribution in [2.45, 2.75) is 32.3 Å². The molecular formula is C23H29FN4O5S. The molecule has 2 N–H and O–H groups in total. The van der Waals surface area contributed by atoms with E-state index in [2.05, 4.69) is 27.0 Å². The Hall–Kier alpha value is -2.92. The number of methoxy groups -OCH3 is 1. The minimum absolute atomic E-state index is 0.0142. The van der Waals surface area contributed by atoms with Crippen molar-refractivity contribution in [3.8, 4) is 11.6 Å². The lowest BCUT2D eigenvalue weighted by molar-refractivity contribution is 0.0596. The summed E-state index contributed by atoms with van der Waals surface area (Å²) in [6.45, 7) is 3.12. The van der Waals surface area contributed by atoms with Crippen LogP contribution < -0.4 is 20.1 Å². The maximum absolute atomic E-state index is 14.2. The molecular weight excluding hydrogens is 463 g/mol. The third kappa shape index (κ3) is 5.76. The first kappa shape index (κ1) is 24.2. The fourth-order valence-corrected chi connectivity index (χ4v) is 4.88. The Kier molecular flexibility index (Phi) is 7.84. The molecule has 0 atom stereocenters. The van der Waals surface area contributed by atoms with Crippen LogP contribution in [-0.4, -0.2) is 61.7 Å². The molecule has 4 rings (SSSR count). The molecule has 0 spiro atoms. The summed E-state index contributed by atoms with van der Waals surface area (Å²) in [7, 11) is 3.36. The third-order valence-electron chi connectivity index (χ3n) is 6.15. The summed E-state index contributed by atoms with van der Waals surface area (Å²) < 4.78 is 34.4. The van der Waals surface area contributed by atoms with Gasteiger partial charge in [0.15, 0.2) is 5.56 Å². The van der Waals surface area contributed by atoms with Crippen LogP contribution in [0, 0.1) is 11.7 Å². The zero-order valence-electron chi connectivity index (χ0n) is 19.3. The predicted molar refractivity (Wildman–Crippen MR) is 125 cm³/mol. The molecule has 184 valence electrons. The Morgan fingerprint density at radius 3 is 2.88 bits per heavy atom. The molecule has 1 aromatic heterocycles. The molecule has 1 saturated heterocycles. The SMILES string of the molecule is COC(=O)c1c(OCc2cc(F)c3c(c2)OCC3)nsc1NC(=O)NCCC1CCN(C)CC1. The number of rotatable bonds is 8. The largest absolute Gasteiger partial charge is 0.493 e. The molecule has 3 heterocycles. The van der Waals surface area contributed by atoms with Gasteiger partial charge >= 0.3 is 12.0 Å². The van der Waals surface area contributed by atoms with Gasteiger partial charge in [0.2, 0.25) is 5.88 Å². The average Bonchev–Trinajstić information content (AvgIpc) is 3.46. The van der Waals surface area contributed by atoms with Gasteiger partial charge in [0, 0.05) is 18.5 Å². The minimum Gasteiger partial charge on any atom is -0.493 e. The van der Waals surface area contributed by atoms with E-state index in [1.165, 1.54) is 13.2 Å². The van der Waals surface area contributed by atoms with Gasteiger partial charge in [-0.25, -0.2) is 14.0 Å². The number of halogens is 1. The number of amides is 2. The quantitative estimate of drug-likeness (QED) is 0.545. The van der Waals surface area contributed by atoms with Crippen molar-refractivity contribution in [2.75, 3.05) is 45.7 Å². The van der Waals surface area contributed by atoms with Crippen LogP contribution in [0.4, 0.5) is 14.2 Å². The van der Waals surface area contributed by atoms with E-state index in [-0.39, 0.29) is 28.9 Å². The normalized spacial score (nSPS) is 16.0. The summed E-state index contributed by atoms with van der Waals surface area (Å²) in [5.74, 6) is 0.0813. The van der Waals surface area contributed by atoms with Gasteiger partial charge in [0.1, 0.15) is 23.2 Å². The van der Waals surface area contributed by atoms with Gasteiger partial charge in [-0.05, 0) is 74.5 Å². The zero-order valence-corrected chi connectivity index (χ0v) is 20.1. The number of hydrogen-bond donors (Lipinski definition) is 2. The highest BCUT2D eigenvalue weighted by Gasteiger charge is 2.25. The topological polar surface area (TPSA) is 102 Å². The molecule has 34 heavy (non-hydrogen) atoms. The highest BCUT2D eigenvalue weighted by molar-refractivity contribution is 7.11. The molecule has 0 saturated carbocycles. The second kappa shape index (κ2) is 11.0. The van der Waals surface area contributed by atoms with E-state index in [4.69, 9.17) is 14.2 Å². The minimum atomic E-state index is -0.686. The number of fused-ring (bicyclic) bond motifs is 1. The van der Waals surface area contributed by atoms with Crippen molar-refractivity contribution >= 4 is 28.5 Å². The summed E-state index contributed by atoms with van der Waals surface area (Å²) in [6, 6.07) is 2.67. The number of anilines is 1. The molecule has 2 amide bonds. The van der Waals surface area contributed by atoms with Gasteiger partial charge in [0.05, 0.1) is 13.7 Å². The number of urea groups is 1. The Morgan fingerprint density at radius 2 is 2.12 bits per heavy atom. The van der Waals surface area contributed by atoms with E-state index in [0.29, 0.717) is 42.4 Å². The highest BCUT2D eigenvalue weighted by Crippen LogP contribution is 2.33. The standard InChI is InChI=1S/C23H29FN4O5S/c1-28-8-4-14(5-9-28)3-7-25-23(30)26-21-19(22(29)31-2)20(27-34-21)33-13-15-11-17(24)16-6-10-32-18(16)12-15/h11-12,14H,3-10,13H2,1-2H3,(H2,25,26,30). The van der Waals surface area contributed by atoms with Crippen molar-refractivity contribution in [3.05, 3.63) is 34.6 Å². The molecule has 11 heteroatoms. The number of aromatic nitrogens is 1. The summed E-state index contributed by atoms with van der Waals surface area (Å²) in [4.78, 5) is 27.1. The Bertz CT molecular complexity index is 1040. The smallest absolute Gasteiger partial charge is 0.346 e. The monoisotopic (exact) mass is 492 g/mol. The van der Waals surface area contributed by atoms with Crippen LogP contribution >= 0.6 is 11.5 Å². The maximum Gasteiger partial charge on any atom is 0.346 e. The van der Waals surface area contributed by atoms with E-state index in [9.17, 15) is 14.0 Å². The number of carbonyl (C=O) groups excluding carboxylic acids is 2. The number of hydrogen-bond acceptors (Lipinski definition) is 8. The number of benzene rings is 1. The van der Waals surface area contributed by atoms with Crippen molar-refractivity contribution in [2.24, 2.45) is 5.92 Å². The van der Waals surface area contributed by atoms with Gasteiger partial charge in [-0.1, -0.05) is 0 Å². The van der Waals surface area contributed by atoms with Crippen LogP contribution in [0.5, 0.6) is 11.6 Å². The van der Waals surface area contributed by atoms with Crippen molar-refractivity contribution in [1.29, 1.82) is 0 Å². The third-order valence-corrected chi connectivity index (χ3v) is 6.90. The second-order valence-electron chi connectivity index (χ2n) is 8.54. The molecule has 1 aromatic carbocycles. The lowest BCUT2D eigenvalue weighted by Gasteiger charge is -2.28. The molecule has 0 bridgehead atoms. The lowest BCUT2D eigenvalue weighted by atomic mass is 9.94. The number of esters is 1. The van der Waals surface area contributed by atoms with Crippen molar-refractivity contribution in [1.82, 2.24) is 14.6 Å². The Morgan fingerprint density at radius 1 is 1.32 bits per heavy atom. The molecule has 2 aliphatic heterocycles. The van der Waals surface area contributed by atoms with Gasteiger partial charge < -0.3 is 24.4 Å². The summed E-state index contributed by atoms with van der Waals surface area (Å²) in [5, 5.41) is 5.73. The van der Waals surface area contributed by atoms with Crippen LogP contribution in [0.25, 0.3) is 0 Å². The van der Waals surface area contributed by atoms with E-state index >= 15 is 0 Å². The van der Waals surface area contributed by atoms with Crippen LogP contribution in [0.3, 0.4) is 0 Å². The van der Waals surface area contributed by atoms with Gasteiger partial charge in [-0.3, -0.25) is 5.32 Å². The van der Waals surface area contributed by atoms with Gasteiger partial charge in [0.25, 0.3) is 0 Å². The van der Waals surface area contributed by atoms with Crippen LogP contribution in [-0.2, 0) is 17.8 Å². The van der Waals surface area contributed by atoms with E-state index in [1.54, 1.807) is 6.07 Å². The summed E-state index contributed by atoms with van der Waals surface area (Å²) in [6.07, 6.45) is 3.70. The zero-order chi connectivity index (χ0) is 24.1. The first-order valence-corrected chi connectivity index (χ1v) is 12.1. The number of likely N-dealkylation sites (tertiary alicyclic amines) is 1. The maximum atomic E-state index is 14.2. The average molecular weight is 493 g/mol. The first-order chi connectivity index (χ1) is 16.4. The van der Waals surface area contributed by atoms with Gasteiger partial charge in [-0.15, -0.1) is 0 Å². The molecule has 2 aliphatic rings. The number of nitrogens with one attached hydrogen (secondary N) is 2. The molecule has 1 fully saturated rings. The van der Waals surface area contributed by atoms with Gasteiger partial charge in [-0.2, -0.15) is 4.37 Å². The van der Waals surface area contributed by atoms with E-state index in [1.807, 2.05) is 0 Å². The molecule has 0 aliphatic carbocycles. The first-order valence-electron chi connectivity index (χ1n) is 11.3. The molecule has 0 unspecified atom stereocenters. The van der Waals surface area contributed by atoms with Crippen LogP contribution in [0.15, 0.2) is 12.1 Å². The Labute approximate surface area is 201 Å². The Balaban J connectivity index is 1.35. The summed E-state index contributed by atoms with van der Waals surface area (Å²) in [5.41, 5.74) is 1.12. The predicted octanol–water partition coefficient (Wildman–Crippen LogP) is 3.44. The number of carbonyl (C=O) groups is 2. The molecule has 0 radical (unpaired) electrons. The van der Waals surface area contributed by atoms with Crippen LogP contribution in [0.2, 0.25) is 0 Å². The van der Waals surface area contributed by atoms with E-state index < -0.39 is 12.0 Å². The fourth-order valence-electron chi connectivity index (χ4n) is 4.16. The highest BCUT2D eigenvalue weighted by atomic mass is 32.1. The molecule has 9 nitrogen and oxygen atoms in total. The van der Waals surface area contributed by atoms with E-state index in [0.717, 1.165) is 43.9 Å². The number of piperidine rings is 1.